The van der Waals surface area contributed by atoms with Crippen molar-refractivity contribution >= 4 is 23.0 Å². The number of amides is 1. The van der Waals surface area contributed by atoms with Crippen molar-refractivity contribution in [1.29, 1.82) is 0 Å². The smallest absolute Gasteiger partial charge is 0.263 e. The highest BCUT2D eigenvalue weighted by molar-refractivity contribution is 7.12. The number of benzene rings is 1. The van der Waals surface area contributed by atoms with Crippen LogP contribution in [0.15, 0.2) is 47.2 Å². The van der Waals surface area contributed by atoms with E-state index >= 15 is 0 Å². The van der Waals surface area contributed by atoms with Gasteiger partial charge in [0.05, 0.1) is 31.9 Å². The first-order valence-corrected chi connectivity index (χ1v) is 12.7. The number of nitrogens with zero attached hydrogens (tertiary/aromatic N) is 4. The van der Waals surface area contributed by atoms with Crippen molar-refractivity contribution in [2.45, 2.75) is 32.2 Å². The maximum Gasteiger partial charge on any atom is 0.263 e. The fraction of sp³-hybridized carbons (Fsp3) is 0.423. The summed E-state index contributed by atoms with van der Waals surface area (Å²) in [4.78, 5) is 25.5. The number of carbonyl (C=O) groups excluding carboxylic acids is 1. The Morgan fingerprint density at radius 1 is 1.14 bits per heavy atom. The fourth-order valence-corrected chi connectivity index (χ4v) is 5.10. The zero-order valence-corrected chi connectivity index (χ0v) is 21.9. The Kier molecular flexibility index (Phi) is 8.48. The van der Waals surface area contributed by atoms with Crippen LogP contribution in [0.5, 0.6) is 17.2 Å². The lowest BCUT2D eigenvalue weighted by molar-refractivity contribution is -0.137. The third-order valence-corrected chi connectivity index (χ3v) is 7.28. The number of ether oxygens (including phenoxy) is 3. The topological polar surface area (TPSA) is 87.4 Å². The van der Waals surface area contributed by atoms with Crippen LogP contribution in [0.1, 0.15) is 41.9 Å². The van der Waals surface area contributed by atoms with Crippen LogP contribution in [0.2, 0.25) is 0 Å². The van der Waals surface area contributed by atoms with Gasteiger partial charge >= 0.3 is 0 Å². The summed E-state index contributed by atoms with van der Waals surface area (Å²) < 4.78 is 18.6. The molecular formula is C26H32N4O5S. The van der Waals surface area contributed by atoms with Crippen LogP contribution in [-0.4, -0.2) is 67.1 Å². The summed E-state index contributed by atoms with van der Waals surface area (Å²) in [6.07, 6.45) is 5.50. The second-order valence-electron chi connectivity index (χ2n) is 8.53. The molecule has 0 aliphatic carbocycles. The molecular weight excluding hydrogens is 480 g/mol. The number of hydrogen-bond donors (Lipinski definition) is 0. The molecule has 1 aliphatic rings. The molecule has 3 aromatic rings. The second kappa shape index (κ2) is 11.9. The quantitative estimate of drug-likeness (QED) is 0.299. The predicted molar refractivity (Wildman–Crippen MR) is 138 cm³/mol. The van der Waals surface area contributed by atoms with Crippen molar-refractivity contribution < 1.29 is 23.8 Å². The van der Waals surface area contributed by atoms with E-state index in [1.165, 1.54) is 0 Å². The van der Waals surface area contributed by atoms with E-state index in [1.807, 2.05) is 53.9 Å². The molecule has 0 radical (unpaired) electrons. The maximum atomic E-state index is 12.6. The average molecular weight is 513 g/mol. The van der Waals surface area contributed by atoms with Crippen LogP contribution in [0.25, 0.3) is 0 Å². The van der Waals surface area contributed by atoms with Crippen LogP contribution in [0, 0.1) is 0 Å². The molecule has 9 nitrogen and oxygen atoms in total. The summed E-state index contributed by atoms with van der Waals surface area (Å²) in [5, 5.41) is 6.07. The molecule has 0 atom stereocenters. The number of aromatic nitrogens is 2. The summed E-state index contributed by atoms with van der Waals surface area (Å²) in [5.74, 6) is 3.06. The molecule has 2 aromatic heterocycles. The molecule has 10 heteroatoms. The Bertz CT molecular complexity index is 1160. The predicted octanol–water partition coefficient (Wildman–Crippen LogP) is 4.17. The number of thiophene rings is 1. The molecule has 0 N–H and O–H groups in total. The lowest BCUT2D eigenvalue weighted by Crippen LogP contribution is -2.40. The van der Waals surface area contributed by atoms with Crippen molar-refractivity contribution in [3.63, 3.8) is 0 Å². The molecule has 192 valence electrons. The molecule has 0 saturated carbocycles. The van der Waals surface area contributed by atoms with Gasteiger partial charge in [-0.3, -0.25) is 4.79 Å². The first kappa shape index (κ1) is 25.6. The number of methoxy groups -OCH3 is 3. The van der Waals surface area contributed by atoms with Gasteiger partial charge in [-0.1, -0.05) is 11.2 Å². The van der Waals surface area contributed by atoms with E-state index in [2.05, 4.69) is 14.7 Å². The molecule has 1 aromatic carbocycles. The SMILES string of the molecule is COc1cc(Cn2ccnc2C2CCN(C(=O)CON=C(C)c3cccs3)CC2)cc(OC)c1OC. The second-order valence-corrected chi connectivity index (χ2v) is 9.48. The molecule has 4 rings (SSSR count). The highest BCUT2D eigenvalue weighted by atomic mass is 32.1. The van der Waals surface area contributed by atoms with Gasteiger partial charge in [0.2, 0.25) is 5.75 Å². The minimum atomic E-state index is -0.0524. The molecule has 0 bridgehead atoms. The van der Waals surface area contributed by atoms with Gasteiger partial charge in [0.1, 0.15) is 5.82 Å². The highest BCUT2D eigenvalue weighted by Crippen LogP contribution is 2.38. The van der Waals surface area contributed by atoms with E-state index < -0.39 is 0 Å². The summed E-state index contributed by atoms with van der Waals surface area (Å²) in [6.45, 7) is 3.78. The number of carbonyl (C=O) groups is 1. The van der Waals surface area contributed by atoms with Crippen LogP contribution in [-0.2, 0) is 16.2 Å². The van der Waals surface area contributed by atoms with Gasteiger partial charge in [-0.25, -0.2) is 4.98 Å². The van der Waals surface area contributed by atoms with Gasteiger partial charge in [-0.15, -0.1) is 11.3 Å². The van der Waals surface area contributed by atoms with E-state index in [0.717, 1.165) is 34.8 Å². The number of imidazole rings is 1. The molecule has 1 fully saturated rings. The van der Waals surface area contributed by atoms with Gasteiger partial charge in [-0.2, -0.15) is 0 Å². The number of hydrogen-bond acceptors (Lipinski definition) is 8. The van der Waals surface area contributed by atoms with E-state index in [0.29, 0.717) is 36.9 Å². The summed E-state index contributed by atoms with van der Waals surface area (Å²) >= 11 is 1.59. The van der Waals surface area contributed by atoms with Gasteiger partial charge < -0.3 is 28.5 Å². The summed E-state index contributed by atoms with van der Waals surface area (Å²) in [7, 11) is 4.82. The minimum Gasteiger partial charge on any atom is -0.493 e. The van der Waals surface area contributed by atoms with Crippen LogP contribution >= 0.6 is 11.3 Å². The number of oxime groups is 1. The van der Waals surface area contributed by atoms with Crippen LogP contribution in [0.4, 0.5) is 0 Å². The first-order chi connectivity index (χ1) is 17.5. The average Bonchev–Trinajstić information content (AvgIpc) is 3.61. The Labute approximate surface area is 215 Å². The highest BCUT2D eigenvalue weighted by Gasteiger charge is 2.27. The Morgan fingerprint density at radius 2 is 1.86 bits per heavy atom. The summed E-state index contributed by atoms with van der Waals surface area (Å²) in [6, 6.07) is 7.85. The molecule has 0 spiro atoms. The first-order valence-electron chi connectivity index (χ1n) is 11.8. The molecule has 1 aliphatic heterocycles. The Morgan fingerprint density at radius 3 is 2.47 bits per heavy atom. The third kappa shape index (κ3) is 5.81. The number of rotatable bonds is 10. The fourth-order valence-electron chi connectivity index (χ4n) is 4.43. The molecule has 1 amide bonds. The van der Waals surface area contributed by atoms with Gasteiger partial charge in [-0.05, 0) is 48.9 Å². The molecule has 0 unspecified atom stereocenters. The van der Waals surface area contributed by atoms with E-state index in [-0.39, 0.29) is 18.4 Å². The third-order valence-electron chi connectivity index (χ3n) is 6.31. The zero-order valence-electron chi connectivity index (χ0n) is 21.1. The van der Waals surface area contributed by atoms with Crippen LogP contribution in [0.3, 0.4) is 0 Å². The van der Waals surface area contributed by atoms with E-state index in [1.54, 1.807) is 32.7 Å². The lowest BCUT2D eigenvalue weighted by Gasteiger charge is -2.31. The zero-order chi connectivity index (χ0) is 25.5. The van der Waals surface area contributed by atoms with Crippen LogP contribution < -0.4 is 14.2 Å². The van der Waals surface area contributed by atoms with Crippen molar-refractivity contribution in [2.24, 2.45) is 5.16 Å². The normalized spacial score (nSPS) is 14.6. The maximum absolute atomic E-state index is 12.6. The molecule has 1 saturated heterocycles. The van der Waals surface area contributed by atoms with Gasteiger partial charge in [0.25, 0.3) is 5.91 Å². The van der Waals surface area contributed by atoms with Gasteiger partial charge in [0.15, 0.2) is 18.1 Å². The number of piperidine rings is 1. The Balaban J connectivity index is 1.34. The van der Waals surface area contributed by atoms with Crippen molar-refractivity contribution in [3.8, 4) is 17.2 Å². The summed E-state index contributed by atoms with van der Waals surface area (Å²) in [5.41, 5.74) is 1.79. The van der Waals surface area contributed by atoms with Gasteiger partial charge in [0, 0.05) is 37.9 Å². The molecule has 3 heterocycles. The monoisotopic (exact) mass is 512 g/mol. The number of likely N-dealkylation sites (tertiary alicyclic amines) is 1. The minimum absolute atomic E-state index is 0.0445. The van der Waals surface area contributed by atoms with Crippen molar-refractivity contribution in [1.82, 2.24) is 14.5 Å². The molecule has 36 heavy (non-hydrogen) atoms. The largest absolute Gasteiger partial charge is 0.493 e. The van der Waals surface area contributed by atoms with Crippen molar-refractivity contribution in [3.05, 3.63) is 58.3 Å². The van der Waals surface area contributed by atoms with E-state index in [4.69, 9.17) is 19.0 Å². The van der Waals surface area contributed by atoms with Crippen molar-refractivity contribution in [2.75, 3.05) is 41.0 Å². The van der Waals surface area contributed by atoms with E-state index in [9.17, 15) is 4.79 Å². The Hall–Kier alpha value is -3.53. The standard InChI is InChI=1S/C26H32N4O5S/c1-18(23-6-5-13-36-23)28-35-17-24(31)29-10-7-20(8-11-29)26-27-9-12-30(26)16-19-14-21(32-2)25(34-4)22(15-19)33-3/h5-6,9,12-15,20H,7-8,10-11,16-17H2,1-4H3. The lowest BCUT2D eigenvalue weighted by atomic mass is 9.95.